The second kappa shape index (κ2) is 5.05. The smallest absolute Gasteiger partial charge is 0.363 e. The van der Waals surface area contributed by atoms with E-state index >= 15 is 0 Å². The lowest BCUT2D eigenvalue weighted by Crippen LogP contribution is -2.05. The Morgan fingerprint density at radius 3 is 2.95 bits per heavy atom. The molecule has 2 heterocycles. The number of hydrogen-bond acceptors (Lipinski definition) is 4. The minimum atomic E-state index is -0.455. The number of carbonyl (C=O) groups excluding carboxylic acids is 1. The van der Waals surface area contributed by atoms with E-state index in [4.69, 9.17) is 4.74 Å². The van der Waals surface area contributed by atoms with Gasteiger partial charge in [0.2, 0.25) is 5.90 Å². The van der Waals surface area contributed by atoms with Crippen LogP contribution in [0.4, 0.5) is 0 Å². The normalized spacial score (nSPS) is 16.4. The van der Waals surface area contributed by atoms with Gasteiger partial charge in [0.15, 0.2) is 5.70 Å². The third-order valence-corrected chi connectivity index (χ3v) is 3.21. The second-order valence-corrected chi connectivity index (χ2v) is 5.21. The number of benzene rings is 1. The molecular weight excluding hydrogens is 322 g/mol. The highest BCUT2D eigenvalue weighted by Gasteiger charge is 2.24. The molecule has 0 saturated carbocycles. The van der Waals surface area contributed by atoms with Crippen LogP contribution in [0.15, 0.2) is 51.8 Å². The number of rotatable bonds is 2. The summed E-state index contributed by atoms with van der Waals surface area (Å²) in [6.07, 6.45) is 5.11. The predicted molar refractivity (Wildman–Crippen MR) is 78.0 cm³/mol. The van der Waals surface area contributed by atoms with E-state index < -0.39 is 5.97 Å². The first-order valence-corrected chi connectivity index (χ1v) is 6.68. The number of aryl methyl sites for hydroxylation is 1. The molecule has 20 heavy (non-hydrogen) atoms. The van der Waals surface area contributed by atoms with Crippen LogP contribution in [0, 0.1) is 0 Å². The van der Waals surface area contributed by atoms with Gasteiger partial charge in [-0.3, -0.25) is 4.68 Å². The molecule has 0 unspecified atom stereocenters. The van der Waals surface area contributed by atoms with Gasteiger partial charge in [-0.2, -0.15) is 5.10 Å². The van der Waals surface area contributed by atoms with Crippen molar-refractivity contribution in [2.24, 2.45) is 12.0 Å². The van der Waals surface area contributed by atoms with E-state index in [1.165, 1.54) is 0 Å². The molecule has 100 valence electrons. The zero-order valence-electron chi connectivity index (χ0n) is 10.6. The summed E-state index contributed by atoms with van der Waals surface area (Å²) in [5.74, 6) is -0.143. The van der Waals surface area contributed by atoms with Crippen LogP contribution in [0.3, 0.4) is 0 Å². The molecule has 6 heteroatoms. The first kappa shape index (κ1) is 12.8. The Morgan fingerprint density at radius 1 is 1.40 bits per heavy atom. The van der Waals surface area contributed by atoms with Crippen LogP contribution < -0.4 is 0 Å². The Kier molecular flexibility index (Phi) is 3.23. The second-order valence-electron chi connectivity index (χ2n) is 4.29. The van der Waals surface area contributed by atoms with E-state index in [0.29, 0.717) is 5.90 Å². The largest absolute Gasteiger partial charge is 0.402 e. The van der Waals surface area contributed by atoms with Crippen molar-refractivity contribution >= 4 is 33.9 Å². The van der Waals surface area contributed by atoms with E-state index in [1.54, 1.807) is 23.2 Å². The Morgan fingerprint density at radius 2 is 2.25 bits per heavy atom. The first-order valence-electron chi connectivity index (χ1n) is 5.89. The van der Waals surface area contributed by atoms with Crippen molar-refractivity contribution in [3.63, 3.8) is 0 Å². The van der Waals surface area contributed by atoms with E-state index in [9.17, 15) is 4.79 Å². The third-order valence-electron chi connectivity index (χ3n) is 2.72. The van der Waals surface area contributed by atoms with Gasteiger partial charge in [-0.05, 0) is 24.3 Å². The molecule has 0 amide bonds. The lowest BCUT2D eigenvalue weighted by Gasteiger charge is -1.99. The van der Waals surface area contributed by atoms with Gasteiger partial charge in [-0.25, -0.2) is 9.79 Å². The maximum Gasteiger partial charge on any atom is 0.363 e. The summed E-state index contributed by atoms with van der Waals surface area (Å²) in [7, 11) is 1.81. The quantitative estimate of drug-likeness (QED) is 0.627. The average molecular weight is 332 g/mol. The van der Waals surface area contributed by atoms with Crippen LogP contribution >= 0.6 is 15.9 Å². The van der Waals surface area contributed by atoms with Crippen molar-refractivity contribution < 1.29 is 9.53 Å². The molecule has 0 bridgehead atoms. The highest BCUT2D eigenvalue weighted by molar-refractivity contribution is 9.10. The van der Waals surface area contributed by atoms with Gasteiger partial charge in [0.1, 0.15) is 0 Å². The Hall–Kier alpha value is -2.21. The van der Waals surface area contributed by atoms with Crippen molar-refractivity contribution in [2.75, 3.05) is 0 Å². The number of ether oxygens (including phenoxy) is 1. The van der Waals surface area contributed by atoms with Crippen molar-refractivity contribution in [3.8, 4) is 0 Å². The molecule has 1 aromatic carbocycles. The van der Waals surface area contributed by atoms with Gasteiger partial charge in [-0.1, -0.05) is 22.0 Å². The average Bonchev–Trinajstić information content (AvgIpc) is 2.97. The SMILES string of the molecule is Cn1cc(/C=C2/N=C(c3cccc(Br)c3)OC2=O)cn1. The fourth-order valence-corrected chi connectivity index (χ4v) is 2.23. The Labute approximate surface area is 123 Å². The molecule has 0 aliphatic carbocycles. The van der Waals surface area contributed by atoms with E-state index in [1.807, 2.05) is 31.3 Å². The van der Waals surface area contributed by atoms with Crippen LogP contribution in [0.2, 0.25) is 0 Å². The molecule has 0 atom stereocenters. The molecule has 0 spiro atoms. The monoisotopic (exact) mass is 331 g/mol. The summed E-state index contributed by atoms with van der Waals surface area (Å²) in [4.78, 5) is 16.0. The summed E-state index contributed by atoms with van der Waals surface area (Å²) in [5, 5.41) is 4.04. The molecular formula is C14H10BrN3O2. The topological polar surface area (TPSA) is 56.5 Å². The fraction of sp³-hybridized carbons (Fsp3) is 0.0714. The van der Waals surface area contributed by atoms with E-state index in [0.717, 1.165) is 15.6 Å². The Bertz CT molecular complexity index is 746. The number of aromatic nitrogens is 2. The van der Waals surface area contributed by atoms with Gasteiger partial charge >= 0.3 is 5.97 Å². The van der Waals surface area contributed by atoms with Gasteiger partial charge in [0.05, 0.1) is 6.20 Å². The number of cyclic esters (lactones) is 1. The minimum Gasteiger partial charge on any atom is -0.402 e. The number of esters is 1. The maximum atomic E-state index is 11.8. The molecule has 0 N–H and O–H groups in total. The zero-order chi connectivity index (χ0) is 14.1. The molecule has 1 aliphatic heterocycles. The summed E-state index contributed by atoms with van der Waals surface area (Å²) < 4.78 is 7.75. The summed E-state index contributed by atoms with van der Waals surface area (Å²) in [6.45, 7) is 0. The zero-order valence-corrected chi connectivity index (χ0v) is 12.2. The third kappa shape index (κ3) is 2.55. The highest BCUT2D eigenvalue weighted by Crippen LogP contribution is 2.20. The van der Waals surface area contributed by atoms with Crippen molar-refractivity contribution in [3.05, 3.63) is 58.0 Å². The van der Waals surface area contributed by atoms with Crippen LogP contribution in [-0.4, -0.2) is 21.6 Å². The van der Waals surface area contributed by atoms with Gasteiger partial charge in [0.25, 0.3) is 0 Å². The lowest BCUT2D eigenvalue weighted by atomic mass is 10.2. The number of hydrogen-bond donors (Lipinski definition) is 0. The van der Waals surface area contributed by atoms with Crippen LogP contribution in [0.25, 0.3) is 6.08 Å². The molecule has 0 saturated heterocycles. The van der Waals surface area contributed by atoms with Crippen LogP contribution in [0.1, 0.15) is 11.1 Å². The summed E-state index contributed by atoms with van der Waals surface area (Å²) in [6, 6.07) is 7.44. The first-order chi connectivity index (χ1) is 9.61. The highest BCUT2D eigenvalue weighted by atomic mass is 79.9. The maximum absolute atomic E-state index is 11.8. The van der Waals surface area contributed by atoms with Crippen molar-refractivity contribution in [2.45, 2.75) is 0 Å². The molecule has 5 nitrogen and oxygen atoms in total. The van der Waals surface area contributed by atoms with Crippen LogP contribution in [0.5, 0.6) is 0 Å². The minimum absolute atomic E-state index is 0.271. The lowest BCUT2D eigenvalue weighted by molar-refractivity contribution is -0.129. The molecule has 1 aliphatic rings. The number of halogens is 1. The Balaban J connectivity index is 1.94. The molecule has 0 radical (unpaired) electrons. The fourth-order valence-electron chi connectivity index (χ4n) is 1.83. The van der Waals surface area contributed by atoms with Crippen molar-refractivity contribution in [1.82, 2.24) is 9.78 Å². The van der Waals surface area contributed by atoms with Gasteiger partial charge in [0, 0.05) is 28.8 Å². The molecule has 0 fully saturated rings. The van der Waals surface area contributed by atoms with Crippen molar-refractivity contribution in [1.29, 1.82) is 0 Å². The van der Waals surface area contributed by atoms with Crippen LogP contribution in [-0.2, 0) is 16.6 Å². The number of carbonyl (C=O) groups is 1. The predicted octanol–water partition coefficient (Wildman–Crippen LogP) is 2.53. The van der Waals surface area contributed by atoms with Gasteiger partial charge < -0.3 is 4.74 Å². The van der Waals surface area contributed by atoms with E-state index in [2.05, 4.69) is 26.0 Å². The number of nitrogens with zero attached hydrogens (tertiary/aromatic N) is 3. The van der Waals surface area contributed by atoms with Gasteiger partial charge in [-0.15, -0.1) is 0 Å². The number of aliphatic imine (C=N–C) groups is 1. The molecule has 3 rings (SSSR count). The summed E-state index contributed by atoms with van der Waals surface area (Å²) >= 11 is 3.37. The summed E-state index contributed by atoms with van der Waals surface area (Å²) in [5.41, 5.74) is 1.83. The molecule has 1 aromatic heterocycles. The molecule has 2 aromatic rings. The standard InChI is InChI=1S/C14H10BrN3O2/c1-18-8-9(7-16-18)5-12-14(19)20-13(17-12)10-3-2-4-11(15)6-10/h2-8H,1H3/b12-5+. The van der Waals surface area contributed by atoms with E-state index in [-0.39, 0.29) is 5.70 Å².